The van der Waals surface area contributed by atoms with Crippen LogP contribution in [0, 0.1) is 17.8 Å². The summed E-state index contributed by atoms with van der Waals surface area (Å²) >= 11 is 0. The summed E-state index contributed by atoms with van der Waals surface area (Å²) in [6.45, 7) is 2.82. The first kappa shape index (κ1) is 17.2. The number of hydrogen-bond donors (Lipinski definition) is 1. The summed E-state index contributed by atoms with van der Waals surface area (Å²) in [5, 5.41) is 8.84. The number of carbonyl (C=O) groups is 3. The van der Waals surface area contributed by atoms with E-state index in [4.69, 9.17) is 5.11 Å². The van der Waals surface area contributed by atoms with Gasteiger partial charge in [0, 0.05) is 38.5 Å². The van der Waals surface area contributed by atoms with Gasteiger partial charge >= 0.3 is 5.97 Å². The van der Waals surface area contributed by atoms with Crippen LogP contribution < -0.4 is 0 Å². The molecule has 3 fully saturated rings. The van der Waals surface area contributed by atoms with Crippen molar-refractivity contribution in [1.29, 1.82) is 0 Å². The molecule has 3 aliphatic rings. The molecule has 0 aromatic carbocycles. The van der Waals surface area contributed by atoms with Gasteiger partial charge in [0.1, 0.15) is 0 Å². The molecule has 0 spiro atoms. The van der Waals surface area contributed by atoms with Gasteiger partial charge in [0.05, 0.1) is 5.92 Å². The summed E-state index contributed by atoms with van der Waals surface area (Å²) < 4.78 is 0. The van der Waals surface area contributed by atoms with Crippen molar-refractivity contribution in [1.82, 2.24) is 9.80 Å². The zero-order valence-electron chi connectivity index (χ0n) is 14.3. The molecule has 1 aliphatic carbocycles. The van der Waals surface area contributed by atoms with Crippen LogP contribution in [0.15, 0.2) is 0 Å². The van der Waals surface area contributed by atoms with E-state index in [9.17, 15) is 14.4 Å². The molecule has 2 aliphatic heterocycles. The van der Waals surface area contributed by atoms with Crippen molar-refractivity contribution in [3.05, 3.63) is 0 Å². The second-order valence-corrected chi connectivity index (χ2v) is 7.62. The molecule has 0 aromatic rings. The number of carboxylic acid groups (broad SMARTS) is 1. The fourth-order valence-corrected chi connectivity index (χ4v) is 4.05. The molecule has 24 heavy (non-hydrogen) atoms. The highest BCUT2D eigenvalue weighted by molar-refractivity contribution is 5.83. The first-order valence-corrected chi connectivity index (χ1v) is 9.34. The minimum absolute atomic E-state index is 0.0697. The number of likely N-dealkylation sites (tertiary alicyclic amines) is 2. The zero-order chi connectivity index (χ0) is 17.1. The Bertz CT molecular complexity index is 503. The van der Waals surface area contributed by atoms with Crippen molar-refractivity contribution in [2.45, 2.75) is 51.4 Å². The van der Waals surface area contributed by atoms with Crippen molar-refractivity contribution in [3.63, 3.8) is 0 Å². The molecule has 3 rings (SSSR count). The molecule has 2 unspecified atom stereocenters. The number of piperidine rings is 2. The monoisotopic (exact) mass is 336 g/mol. The lowest BCUT2D eigenvalue weighted by Gasteiger charge is -2.38. The number of nitrogens with zero attached hydrogens (tertiary/aromatic N) is 2. The lowest BCUT2D eigenvalue weighted by Crippen LogP contribution is -2.49. The molecule has 2 atom stereocenters. The molecule has 2 saturated heterocycles. The summed E-state index contributed by atoms with van der Waals surface area (Å²) in [4.78, 5) is 39.7. The van der Waals surface area contributed by atoms with E-state index in [-0.39, 0.29) is 30.1 Å². The van der Waals surface area contributed by atoms with Crippen LogP contribution >= 0.6 is 0 Å². The SMILES string of the molecule is O=C(O)CCC1CCCN(C(=O)C2CCCN(C(=O)C3CC3)C2)C1. The van der Waals surface area contributed by atoms with Gasteiger partial charge in [-0.25, -0.2) is 0 Å². The molecule has 2 heterocycles. The molecule has 6 heteroatoms. The van der Waals surface area contributed by atoms with Gasteiger partial charge < -0.3 is 14.9 Å². The summed E-state index contributed by atoms with van der Waals surface area (Å²) in [5.74, 6) is 0.0919. The predicted octanol–water partition coefficient (Wildman–Crippen LogP) is 1.74. The van der Waals surface area contributed by atoms with E-state index in [2.05, 4.69) is 0 Å². The highest BCUT2D eigenvalue weighted by Gasteiger charge is 2.38. The molecule has 6 nitrogen and oxygen atoms in total. The van der Waals surface area contributed by atoms with Crippen LogP contribution in [0.25, 0.3) is 0 Å². The fraction of sp³-hybridized carbons (Fsp3) is 0.833. The number of hydrogen-bond acceptors (Lipinski definition) is 3. The van der Waals surface area contributed by atoms with E-state index in [0.717, 1.165) is 51.6 Å². The van der Waals surface area contributed by atoms with Gasteiger partial charge in [0.25, 0.3) is 0 Å². The second-order valence-electron chi connectivity index (χ2n) is 7.62. The van der Waals surface area contributed by atoms with Gasteiger partial charge in [0.2, 0.25) is 11.8 Å². The Hall–Kier alpha value is -1.59. The van der Waals surface area contributed by atoms with Crippen LogP contribution in [0.4, 0.5) is 0 Å². The first-order valence-electron chi connectivity index (χ1n) is 9.34. The molecule has 0 aromatic heterocycles. The van der Waals surface area contributed by atoms with Gasteiger partial charge in [0.15, 0.2) is 0 Å². The molecule has 1 N–H and O–H groups in total. The molecule has 2 amide bonds. The third-order valence-electron chi connectivity index (χ3n) is 5.61. The highest BCUT2D eigenvalue weighted by Crippen LogP contribution is 2.33. The Morgan fingerprint density at radius 2 is 1.46 bits per heavy atom. The molecular weight excluding hydrogens is 308 g/mol. The number of carbonyl (C=O) groups excluding carboxylic acids is 2. The molecular formula is C18H28N2O4. The van der Waals surface area contributed by atoms with E-state index in [1.807, 2.05) is 9.80 Å². The average molecular weight is 336 g/mol. The first-order chi connectivity index (χ1) is 11.5. The topological polar surface area (TPSA) is 77.9 Å². The fourth-order valence-electron chi connectivity index (χ4n) is 4.05. The summed E-state index contributed by atoms with van der Waals surface area (Å²) in [6, 6.07) is 0. The quantitative estimate of drug-likeness (QED) is 0.829. The standard InChI is InChI=1S/C18H28N2O4/c21-16(22)8-5-13-3-1-9-19(11-13)18(24)15-4-2-10-20(12-15)17(23)14-6-7-14/h13-15H,1-12H2,(H,21,22). The van der Waals surface area contributed by atoms with Crippen molar-refractivity contribution >= 4 is 17.8 Å². The minimum Gasteiger partial charge on any atom is -0.481 e. The molecule has 0 radical (unpaired) electrons. The lowest BCUT2D eigenvalue weighted by molar-refractivity contribution is -0.142. The van der Waals surface area contributed by atoms with Crippen LogP contribution in [0.1, 0.15) is 51.4 Å². The summed E-state index contributed by atoms with van der Waals surface area (Å²) in [5.41, 5.74) is 0. The maximum Gasteiger partial charge on any atom is 0.303 e. The average Bonchev–Trinajstić information content (AvgIpc) is 3.44. The Morgan fingerprint density at radius 3 is 2.12 bits per heavy atom. The third kappa shape index (κ3) is 4.28. The number of amides is 2. The second kappa shape index (κ2) is 7.53. The van der Waals surface area contributed by atoms with Crippen LogP contribution in [-0.2, 0) is 14.4 Å². The smallest absolute Gasteiger partial charge is 0.303 e. The van der Waals surface area contributed by atoms with Crippen molar-refractivity contribution in [2.75, 3.05) is 26.2 Å². The van der Waals surface area contributed by atoms with Gasteiger partial charge in [-0.3, -0.25) is 14.4 Å². The van der Waals surface area contributed by atoms with E-state index in [1.54, 1.807) is 0 Å². The zero-order valence-corrected chi connectivity index (χ0v) is 14.3. The maximum absolute atomic E-state index is 12.9. The molecule has 1 saturated carbocycles. The van der Waals surface area contributed by atoms with Crippen LogP contribution in [-0.4, -0.2) is 58.9 Å². The number of carboxylic acids is 1. The Labute approximate surface area is 143 Å². The largest absolute Gasteiger partial charge is 0.481 e. The molecule has 0 bridgehead atoms. The van der Waals surface area contributed by atoms with E-state index < -0.39 is 5.97 Å². The predicted molar refractivity (Wildman–Crippen MR) is 88.2 cm³/mol. The van der Waals surface area contributed by atoms with E-state index in [0.29, 0.717) is 25.4 Å². The maximum atomic E-state index is 12.9. The summed E-state index contributed by atoms with van der Waals surface area (Å²) in [7, 11) is 0. The summed E-state index contributed by atoms with van der Waals surface area (Å²) in [6.07, 6.45) is 6.57. The van der Waals surface area contributed by atoms with E-state index >= 15 is 0 Å². The Balaban J connectivity index is 1.52. The molecule has 134 valence electrons. The highest BCUT2D eigenvalue weighted by atomic mass is 16.4. The minimum atomic E-state index is -0.764. The van der Waals surface area contributed by atoms with E-state index in [1.165, 1.54) is 0 Å². The lowest BCUT2D eigenvalue weighted by atomic mass is 9.90. The number of aliphatic carboxylic acids is 1. The Kier molecular flexibility index (Phi) is 5.41. The Morgan fingerprint density at radius 1 is 0.833 bits per heavy atom. The van der Waals surface area contributed by atoms with Gasteiger partial charge in [-0.05, 0) is 50.9 Å². The van der Waals surface area contributed by atoms with Gasteiger partial charge in [-0.2, -0.15) is 0 Å². The third-order valence-corrected chi connectivity index (χ3v) is 5.61. The van der Waals surface area contributed by atoms with Crippen molar-refractivity contribution < 1.29 is 19.5 Å². The van der Waals surface area contributed by atoms with Gasteiger partial charge in [-0.1, -0.05) is 0 Å². The van der Waals surface area contributed by atoms with Gasteiger partial charge in [-0.15, -0.1) is 0 Å². The normalized spacial score (nSPS) is 27.8. The number of rotatable bonds is 5. The van der Waals surface area contributed by atoms with Crippen LogP contribution in [0.2, 0.25) is 0 Å². The van der Waals surface area contributed by atoms with Crippen molar-refractivity contribution in [3.8, 4) is 0 Å². The van der Waals surface area contributed by atoms with Crippen LogP contribution in [0.3, 0.4) is 0 Å². The van der Waals surface area contributed by atoms with Crippen molar-refractivity contribution in [2.24, 2.45) is 17.8 Å². The van der Waals surface area contributed by atoms with Crippen LogP contribution in [0.5, 0.6) is 0 Å².